The molecular weight excluding hydrogens is 248 g/mol. The van der Waals surface area contributed by atoms with Crippen molar-refractivity contribution in [2.24, 2.45) is 0 Å². The van der Waals surface area contributed by atoms with Crippen LogP contribution in [0.2, 0.25) is 0 Å². The standard InChI is InChI=1S/C14H16O5/c15-14(9-16-5-12-6-18-12)10-2-1-3-11(4-10)17-7-13-8-19-13/h1-4,12-13H,5-9H2. The van der Waals surface area contributed by atoms with Crippen LogP contribution in [0.15, 0.2) is 24.3 Å². The summed E-state index contributed by atoms with van der Waals surface area (Å²) in [4.78, 5) is 11.9. The zero-order valence-corrected chi connectivity index (χ0v) is 10.5. The lowest BCUT2D eigenvalue weighted by atomic mass is 10.1. The Bertz CT molecular complexity index is 451. The number of Topliss-reactive ketones (excluding diaryl/α,β-unsaturated/α-hetero) is 1. The van der Waals surface area contributed by atoms with Gasteiger partial charge in [-0.15, -0.1) is 0 Å². The molecule has 3 rings (SSSR count). The number of carbonyl (C=O) groups is 1. The molecule has 2 aliphatic rings. The van der Waals surface area contributed by atoms with Crippen LogP contribution < -0.4 is 4.74 Å². The smallest absolute Gasteiger partial charge is 0.188 e. The summed E-state index contributed by atoms with van der Waals surface area (Å²) in [5.74, 6) is 0.639. The molecule has 2 saturated heterocycles. The predicted molar refractivity (Wildman–Crippen MR) is 66.6 cm³/mol. The van der Waals surface area contributed by atoms with Gasteiger partial charge in [-0.2, -0.15) is 0 Å². The molecule has 2 fully saturated rings. The van der Waals surface area contributed by atoms with Gasteiger partial charge in [0.1, 0.15) is 31.2 Å². The fraction of sp³-hybridized carbons (Fsp3) is 0.500. The first-order valence-corrected chi connectivity index (χ1v) is 6.38. The molecule has 2 heterocycles. The predicted octanol–water partition coefficient (Wildman–Crippen LogP) is 1.06. The summed E-state index contributed by atoms with van der Waals surface area (Å²) in [6.07, 6.45) is 0.391. The van der Waals surface area contributed by atoms with E-state index < -0.39 is 0 Å². The van der Waals surface area contributed by atoms with Crippen molar-refractivity contribution in [3.63, 3.8) is 0 Å². The van der Waals surface area contributed by atoms with E-state index in [-0.39, 0.29) is 24.6 Å². The van der Waals surface area contributed by atoms with Crippen LogP contribution in [0, 0.1) is 0 Å². The molecule has 0 N–H and O–H groups in total. The third kappa shape index (κ3) is 4.02. The van der Waals surface area contributed by atoms with E-state index >= 15 is 0 Å². The fourth-order valence-corrected chi connectivity index (χ4v) is 1.64. The maximum atomic E-state index is 11.9. The Labute approximate surface area is 111 Å². The summed E-state index contributed by atoms with van der Waals surface area (Å²) >= 11 is 0. The molecule has 0 spiro atoms. The largest absolute Gasteiger partial charge is 0.491 e. The summed E-state index contributed by atoms with van der Waals surface area (Å²) in [7, 11) is 0. The zero-order valence-electron chi connectivity index (χ0n) is 10.5. The lowest BCUT2D eigenvalue weighted by molar-refractivity contribution is 0.0727. The number of carbonyl (C=O) groups excluding carboxylic acids is 1. The van der Waals surface area contributed by atoms with Crippen molar-refractivity contribution in [1.82, 2.24) is 0 Å². The first-order chi connectivity index (χ1) is 9.31. The number of ether oxygens (including phenoxy) is 4. The lowest BCUT2D eigenvalue weighted by Gasteiger charge is -2.06. The highest BCUT2D eigenvalue weighted by molar-refractivity contribution is 5.97. The van der Waals surface area contributed by atoms with Crippen LogP contribution in [0.5, 0.6) is 5.75 Å². The summed E-state index contributed by atoms with van der Waals surface area (Å²) in [5, 5.41) is 0. The van der Waals surface area contributed by atoms with Gasteiger partial charge in [-0.25, -0.2) is 0 Å². The molecule has 2 atom stereocenters. The van der Waals surface area contributed by atoms with Crippen LogP contribution in [0.4, 0.5) is 0 Å². The van der Waals surface area contributed by atoms with E-state index in [1.165, 1.54) is 0 Å². The average Bonchev–Trinajstić information content (AvgIpc) is 3.30. The van der Waals surface area contributed by atoms with Crippen molar-refractivity contribution < 1.29 is 23.7 Å². The van der Waals surface area contributed by atoms with Gasteiger partial charge in [0.15, 0.2) is 5.78 Å². The first-order valence-electron chi connectivity index (χ1n) is 6.38. The van der Waals surface area contributed by atoms with E-state index in [2.05, 4.69) is 0 Å². The van der Waals surface area contributed by atoms with Gasteiger partial charge in [0.2, 0.25) is 0 Å². The number of epoxide rings is 2. The van der Waals surface area contributed by atoms with Crippen LogP contribution in [0.1, 0.15) is 10.4 Å². The molecule has 19 heavy (non-hydrogen) atoms. The zero-order chi connectivity index (χ0) is 13.1. The molecule has 0 amide bonds. The van der Waals surface area contributed by atoms with Crippen LogP contribution >= 0.6 is 0 Å². The van der Waals surface area contributed by atoms with Gasteiger partial charge in [0.05, 0.1) is 19.8 Å². The van der Waals surface area contributed by atoms with Gasteiger partial charge < -0.3 is 18.9 Å². The van der Waals surface area contributed by atoms with Gasteiger partial charge in [0, 0.05) is 5.56 Å². The molecular formula is C14H16O5. The Balaban J connectivity index is 1.49. The van der Waals surface area contributed by atoms with Crippen molar-refractivity contribution in [3.05, 3.63) is 29.8 Å². The average molecular weight is 264 g/mol. The van der Waals surface area contributed by atoms with Gasteiger partial charge in [0.25, 0.3) is 0 Å². The van der Waals surface area contributed by atoms with Gasteiger partial charge in [-0.05, 0) is 12.1 Å². The maximum Gasteiger partial charge on any atom is 0.188 e. The number of benzene rings is 1. The van der Waals surface area contributed by atoms with E-state index in [1.807, 2.05) is 6.07 Å². The molecule has 2 aliphatic heterocycles. The van der Waals surface area contributed by atoms with E-state index in [1.54, 1.807) is 18.2 Å². The Morgan fingerprint density at radius 1 is 1.21 bits per heavy atom. The summed E-state index contributed by atoms with van der Waals surface area (Å²) in [6, 6.07) is 7.14. The van der Waals surface area contributed by atoms with Gasteiger partial charge >= 0.3 is 0 Å². The summed E-state index contributed by atoms with van der Waals surface area (Å²) in [6.45, 7) is 2.60. The quantitative estimate of drug-likeness (QED) is 0.519. The summed E-state index contributed by atoms with van der Waals surface area (Å²) < 4.78 is 20.9. The minimum absolute atomic E-state index is 0.0474. The van der Waals surface area contributed by atoms with Gasteiger partial charge in [-0.1, -0.05) is 12.1 Å². The third-order valence-corrected chi connectivity index (χ3v) is 2.93. The second-order valence-corrected chi connectivity index (χ2v) is 4.69. The van der Waals surface area contributed by atoms with Crippen molar-refractivity contribution in [3.8, 4) is 5.75 Å². The van der Waals surface area contributed by atoms with Crippen molar-refractivity contribution >= 4 is 5.78 Å². The monoisotopic (exact) mass is 264 g/mol. The van der Waals surface area contributed by atoms with Crippen molar-refractivity contribution in [2.75, 3.05) is 33.0 Å². The maximum absolute atomic E-state index is 11.9. The Hall–Kier alpha value is -1.43. The Morgan fingerprint density at radius 2 is 1.95 bits per heavy atom. The SMILES string of the molecule is O=C(COCC1CO1)c1cccc(OCC2CO2)c1. The molecule has 2 unspecified atom stereocenters. The minimum atomic E-state index is -0.0474. The van der Waals surface area contributed by atoms with Crippen molar-refractivity contribution in [1.29, 1.82) is 0 Å². The van der Waals surface area contributed by atoms with E-state index in [0.29, 0.717) is 24.5 Å². The molecule has 0 radical (unpaired) electrons. The highest BCUT2D eigenvalue weighted by atomic mass is 16.6. The molecule has 0 aromatic heterocycles. The number of hydrogen-bond donors (Lipinski definition) is 0. The van der Waals surface area contributed by atoms with E-state index in [4.69, 9.17) is 18.9 Å². The second kappa shape index (κ2) is 5.69. The number of rotatable bonds is 8. The molecule has 102 valence electrons. The number of ketones is 1. The van der Waals surface area contributed by atoms with Gasteiger partial charge in [-0.3, -0.25) is 4.79 Å². The lowest BCUT2D eigenvalue weighted by Crippen LogP contribution is -2.12. The highest BCUT2D eigenvalue weighted by Gasteiger charge is 2.24. The highest BCUT2D eigenvalue weighted by Crippen LogP contribution is 2.17. The minimum Gasteiger partial charge on any atom is -0.491 e. The van der Waals surface area contributed by atoms with Crippen LogP contribution in [0.25, 0.3) is 0 Å². The fourth-order valence-electron chi connectivity index (χ4n) is 1.64. The molecule has 1 aromatic rings. The van der Waals surface area contributed by atoms with Crippen LogP contribution in [-0.4, -0.2) is 51.0 Å². The van der Waals surface area contributed by atoms with Crippen molar-refractivity contribution in [2.45, 2.75) is 12.2 Å². The Kier molecular flexibility index (Phi) is 3.77. The van der Waals surface area contributed by atoms with Crippen LogP contribution in [-0.2, 0) is 14.2 Å². The normalized spacial score (nSPS) is 24.0. The second-order valence-electron chi connectivity index (χ2n) is 4.69. The Morgan fingerprint density at radius 3 is 2.68 bits per heavy atom. The topological polar surface area (TPSA) is 60.6 Å². The van der Waals surface area contributed by atoms with Crippen LogP contribution in [0.3, 0.4) is 0 Å². The molecule has 0 aliphatic carbocycles. The molecule has 5 heteroatoms. The van der Waals surface area contributed by atoms with E-state index in [0.717, 1.165) is 13.2 Å². The molecule has 0 saturated carbocycles. The molecule has 0 bridgehead atoms. The van der Waals surface area contributed by atoms with E-state index in [9.17, 15) is 4.79 Å². The third-order valence-electron chi connectivity index (χ3n) is 2.93. The first kappa shape index (κ1) is 12.6. The molecule has 1 aromatic carbocycles. The molecule has 5 nitrogen and oxygen atoms in total. The summed E-state index contributed by atoms with van der Waals surface area (Å²) in [5.41, 5.74) is 0.603. The number of hydrogen-bond acceptors (Lipinski definition) is 5.